The van der Waals surface area contributed by atoms with Crippen LogP contribution in [-0.2, 0) is 0 Å². The molecule has 3 atom stereocenters. The maximum Gasteiger partial charge on any atom is 0.123 e. The number of rotatable bonds is 5. The van der Waals surface area contributed by atoms with Gasteiger partial charge in [-0.25, -0.2) is 4.39 Å². The maximum atomic E-state index is 12.8. The molecule has 1 saturated heterocycles. The van der Waals surface area contributed by atoms with Crippen LogP contribution in [0.25, 0.3) is 0 Å². The molecule has 2 rings (SSSR count). The van der Waals surface area contributed by atoms with Crippen molar-refractivity contribution in [1.82, 2.24) is 4.90 Å². The van der Waals surface area contributed by atoms with Gasteiger partial charge in [-0.3, -0.25) is 4.90 Å². The molecular weight excluding hydrogens is 243 g/mol. The molecule has 1 aliphatic rings. The smallest absolute Gasteiger partial charge is 0.123 e. The number of hydrogen-bond acceptors (Lipinski definition) is 3. The van der Waals surface area contributed by atoms with Gasteiger partial charge in [0.1, 0.15) is 5.82 Å². The van der Waals surface area contributed by atoms with E-state index < -0.39 is 0 Å². The summed E-state index contributed by atoms with van der Waals surface area (Å²) in [6, 6.07) is 6.58. The summed E-state index contributed by atoms with van der Waals surface area (Å²) in [6.45, 7) is 4.31. The number of hydrogen-bond donors (Lipinski definition) is 2. The van der Waals surface area contributed by atoms with Crippen molar-refractivity contribution in [2.24, 2.45) is 11.7 Å². The fourth-order valence-corrected chi connectivity index (χ4v) is 2.84. The van der Waals surface area contributed by atoms with E-state index >= 15 is 0 Å². The summed E-state index contributed by atoms with van der Waals surface area (Å²) in [5, 5.41) is 9.41. The normalized spacial score (nSPS) is 25.7. The summed E-state index contributed by atoms with van der Waals surface area (Å²) >= 11 is 0. The molecule has 1 fully saturated rings. The third kappa shape index (κ3) is 3.53. The van der Waals surface area contributed by atoms with Crippen molar-refractivity contribution in [3.05, 3.63) is 35.6 Å². The molecular formula is C15H23FN2O. The fraction of sp³-hybridized carbons (Fsp3) is 0.600. The lowest BCUT2D eigenvalue weighted by Crippen LogP contribution is -2.36. The van der Waals surface area contributed by atoms with Crippen LogP contribution in [0.1, 0.15) is 31.4 Å². The zero-order valence-electron chi connectivity index (χ0n) is 11.4. The van der Waals surface area contributed by atoms with Gasteiger partial charge in [0.15, 0.2) is 0 Å². The molecule has 0 radical (unpaired) electrons. The molecule has 0 amide bonds. The zero-order valence-corrected chi connectivity index (χ0v) is 11.4. The van der Waals surface area contributed by atoms with Gasteiger partial charge in [0.2, 0.25) is 0 Å². The molecule has 0 spiro atoms. The van der Waals surface area contributed by atoms with Crippen LogP contribution in [0.15, 0.2) is 24.3 Å². The molecule has 1 heterocycles. The predicted octanol–water partition coefficient (Wildman–Crippen LogP) is 1.92. The van der Waals surface area contributed by atoms with Gasteiger partial charge in [-0.05, 0) is 43.0 Å². The standard InChI is InChI=1S/C15H23FN2O/c1-11-6-8-18(15(11)10-19)9-7-14(17)12-2-4-13(16)5-3-12/h2-5,11,14-15,19H,6-10,17H2,1H3. The minimum atomic E-state index is -0.232. The largest absolute Gasteiger partial charge is 0.395 e. The van der Waals surface area contributed by atoms with E-state index in [0.29, 0.717) is 5.92 Å². The summed E-state index contributed by atoms with van der Waals surface area (Å²) in [5.74, 6) is 0.316. The van der Waals surface area contributed by atoms with Gasteiger partial charge in [0, 0.05) is 18.6 Å². The van der Waals surface area contributed by atoms with Crippen molar-refractivity contribution >= 4 is 0 Å². The molecule has 19 heavy (non-hydrogen) atoms. The van der Waals surface area contributed by atoms with Crippen LogP contribution in [0.5, 0.6) is 0 Å². The highest BCUT2D eigenvalue weighted by atomic mass is 19.1. The minimum Gasteiger partial charge on any atom is -0.395 e. The van der Waals surface area contributed by atoms with Crippen LogP contribution in [0.4, 0.5) is 4.39 Å². The Morgan fingerprint density at radius 3 is 2.74 bits per heavy atom. The molecule has 4 heteroatoms. The molecule has 0 bridgehead atoms. The zero-order chi connectivity index (χ0) is 13.8. The van der Waals surface area contributed by atoms with Gasteiger partial charge >= 0.3 is 0 Å². The van der Waals surface area contributed by atoms with E-state index in [0.717, 1.165) is 31.5 Å². The third-order valence-electron chi connectivity index (χ3n) is 4.21. The van der Waals surface area contributed by atoms with E-state index in [-0.39, 0.29) is 24.5 Å². The Labute approximate surface area is 114 Å². The molecule has 3 nitrogen and oxygen atoms in total. The Kier molecular flexibility index (Phi) is 4.91. The summed E-state index contributed by atoms with van der Waals surface area (Å²) in [5.41, 5.74) is 7.10. The highest BCUT2D eigenvalue weighted by molar-refractivity contribution is 5.19. The Morgan fingerprint density at radius 2 is 2.11 bits per heavy atom. The minimum absolute atomic E-state index is 0.0733. The van der Waals surface area contributed by atoms with Crippen LogP contribution in [0.2, 0.25) is 0 Å². The summed E-state index contributed by atoms with van der Waals surface area (Å²) in [4.78, 5) is 2.31. The number of halogens is 1. The van der Waals surface area contributed by atoms with Gasteiger partial charge in [-0.2, -0.15) is 0 Å². The average Bonchev–Trinajstić information content (AvgIpc) is 2.77. The Morgan fingerprint density at radius 1 is 1.42 bits per heavy atom. The van der Waals surface area contributed by atoms with Gasteiger partial charge < -0.3 is 10.8 Å². The van der Waals surface area contributed by atoms with E-state index in [2.05, 4.69) is 11.8 Å². The van der Waals surface area contributed by atoms with Gasteiger partial charge in [0.25, 0.3) is 0 Å². The molecule has 3 N–H and O–H groups in total. The second-order valence-corrected chi connectivity index (χ2v) is 5.50. The molecule has 0 aliphatic carbocycles. The highest BCUT2D eigenvalue weighted by Crippen LogP contribution is 2.25. The van der Waals surface area contributed by atoms with Gasteiger partial charge in [0.05, 0.1) is 6.61 Å². The van der Waals surface area contributed by atoms with Crippen LogP contribution >= 0.6 is 0 Å². The lowest BCUT2D eigenvalue weighted by atomic mass is 10.0. The molecule has 1 aromatic carbocycles. The van der Waals surface area contributed by atoms with Crippen LogP contribution in [0, 0.1) is 11.7 Å². The molecule has 106 valence electrons. The van der Waals surface area contributed by atoms with Crippen LogP contribution in [-0.4, -0.2) is 35.7 Å². The number of likely N-dealkylation sites (tertiary alicyclic amines) is 1. The van der Waals surface area contributed by atoms with E-state index in [4.69, 9.17) is 5.73 Å². The summed E-state index contributed by atoms with van der Waals surface area (Å²) in [6.07, 6.45) is 1.96. The van der Waals surface area contributed by atoms with Crippen molar-refractivity contribution in [3.8, 4) is 0 Å². The lowest BCUT2D eigenvalue weighted by molar-refractivity contribution is 0.136. The first-order valence-electron chi connectivity index (χ1n) is 6.97. The second-order valence-electron chi connectivity index (χ2n) is 5.50. The van der Waals surface area contributed by atoms with E-state index in [1.807, 2.05) is 0 Å². The fourth-order valence-electron chi connectivity index (χ4n) is 2.84. The van der Waals surface area contributed by atoms with Crippen LogP contribution < -0.4 is 5.73 Å². The Bertz CT molecular complexity index is 396. The maximum absolute atomic E-state index is 12.8. The van der Waals surface area contributed by atoms with E-state index in [1.54, 1.807) is 12.1 Å². The summed E-state index contributed by atoms with van der Waals surface area (Å²) in [7, 11) is 0. The first-order chi connectivity index (χ1) is 9.11. The predicted molar refractivity (Wildman–Crippen MR) is 74.2 cm³/mol. The number of nitrogens with zero attached hydrogens (tertiary/aromatic N) is 1. The van der Waals surface area contributed by atoms with Crippen molar-refractivity contribution in [2.45, 2.75) is 31.8 Å². The van der Waals surface area contributed by atoms with Crippen molar-refractivity contribution in [1.29, 1.82) is 0 Å². The first kappa shape index (κ1) is 14.4. The molecule has 1 aromatic rings. The molecule has 3 unspecified atom stereocenters. The van der Waals surface area contributed by atoms with Crippen LogP contribution in [0.3, 0.4) is 0 Å². The van der Waals surface area contributed by atoms with E-state index in [1.165, 1.54) is 12.1 Å². The number of nitrogens with two attached hydrogens (primary N) is 1. The monoisotopic (exact) mass is 266 g/mol. The highest BCUT2D eigenvalue weighted by Gasteiger charge is 2.30. The van der Waals surface area contributed by atoms with E-state index in [9.17, 15) is 9.50 Å². The number of aliphatic hydroxyl groups is 1. The molecule has 0 saturated carbocycles. The lowest BCUT2D eigenvalue weighted by Gasteiger charge is -2.26. The first-order valence-corrected chi connectivity index (χ1v) is 6.97. The topological polar surface area (TPSA) is 49.5 Å². The second kappa shape index (κ2) is 6.46. The number of benzene rings is 1. The van der Waals surface area contributed by atoms with Crippen molar-refractivity contribution < 1.29 is 9.50 Å². The average molecular weight is 266 g/mol. The molecule has 1 aliphatic heterocycles. The van der Waals surface area contributed by atoms with Crippen molar-refractivity contribution in [2.75, 3.05) is 19.7 Å². The quantitative estimate of drug-likeness (QED) is 0.856. The number of aliphatic hydroxyl groups excluding tert-OH is 1. The third-order valence-corrected chi connectivity index (χ3v) is 4.21. The SMILES string of the molecule is CC1CCN(CCC(N)c2ccc(F)cc2)C1CO. The molecule has 0 aromatic heterocycles. The van der Waals surface area contributed by atoms with Gasteiger partial charge in [-0.1, -0.05) is 19.1 Å². The van der Waals surface area contributed by atoms with Gasteiger partial charge in [-0.15, -0.1) is 0 Å². The Balaban J connectivity index is 1.86. The van der Waals surface area contributed by atoms with Crippen molar-refractivity contribution in [3.63, 3.8) is 0 Å². The summed E-state index contributed by atoms with van der Waals surface area (Å²) < 4.78 is 12.8. The Hall–Kier alpha value is -0.970.